The van der Waals surface area contributed by atoms with Gasteiger partial charge in [-0.1, -0.05) is 12.1 Å². The number of aromatic nitrogens is 2. The number of nitrogens with zero attached hydrogens (tertiary/aromatic N) is 5. The molecule has 0 N–H and O–H groups in total. The Labute approximate surface area is 233 Å². The third-order valence-corrected chi connectivity index (χ3v) is 7.37. The maximum Gasteiger partial charge on any atom is 0.257 e. The normalized spacial score (nSPS) is 17.4. The molecule has 9 nitrogen and oxygen atoms in total. The van der Waals surface area contributed by atoms with Crippen molar-refractivity contribution in [1.82, 2.24) is 20.0 Å². The molecular weight excluding hydrogens is 513 g/mol. The van der Waals surface area contributed by atoms with E-state index in [9.17, 15) is 14.0 Å². The molecule has 210 valence electrons. The van der Waals surface area contributed by atoms with Crippen molar-refractivity contribution >= 4 is 17.6 Å². The summed E-state index contributed by atoms with van der Waals surface area (Å²) in [6.45, 7) is 3.14. The van der Waals surface area contributed by atoms with Gasteiger partial charge >= 0.3 is 0 Å². The molecule has 2 saturated heterocycles. The van der Waals surface area contributed by atoms with Gasteiger partial charge in [-0.2, -0.15) is 0 Å². The predicted molar refractivity (Wildman–Crippen MR) is 149 cm³/mol. The molecule has 5 rings (SSSR count). The largest absolute Gasteiger partial charge is 0.497 e. The van der Waals surface area contributed by atoms with Crippen LogP contribution in [0.2, 0.25) is 0 Å². The molecule has 0 aliphatic carbocycles. The first-order valence-electron chi connectivity index (χ1n) is 13.7. The van der Waals surface area contributed by atoms with E-state index in [-0.39, 0.29) is 30.7 Å². The SMILES string of the molecule is COc1ccc(-c2ccc(N3CCCN(C(=O)CN(CC4CCCO4)C(=O)c4ccccc4F)CC3)nn2)cc1. The molecule has 1 aromatic heterocycles. The van der Waals surface area contributed by atoms with Crippen LogP contribution < -0.4 is 9.64 Å². The second-order valence-corrected chi connectivity index (χ2v) is 10.0. The van der Waals surface area contributed by atoms with Crippen LogP contribution in [0.3, 0.4) is 0 Å². The smallest absolute Gasteiger partial charge is 0.257 e. The third kappa shape index (κ3) is 6.56. The van der Waals surface area contributed by atoms with E-state index >= 15 is 0 Å². The Morgan fingerprint density at radius 1 is 1.00 bits per heavy atom. The van der Waals surface area contributed by atoms with Crippen molar-refractivity contribution in [2.24, 2.45) is 0 Å². The molecule has 1 unspecified atom stereocenters. The first kappa shape index (κ1) is 27.5. The van der Waals surface area contributed by atoms with Crippen LogP contribution in [-0.4, -0.2) is 90.9 Å². The number of carbonyl (C=O) groups excluding carboxylic acids is 2. The van der Waals surface area contributed by atoms with Gasteiger partial charge in [-0.25, -0.2) is 4.39 Å². The molecule has 2 aliphatic rings. The fourth-order valence-corrected chi connectivity index (χ4v) is 5.13. The van der Waals surface area contributed by atoms with Crippen molar-refractivity contribution < 1.29 is 23.5 Å². The van der Waals surface area contributed by atoms with Crippen molar-refractivity contribution in [3.8, 4) is 17.0 Å². The summed E-state index contributed by atoms with van der Waals surface area (Å²) < 4.78 is 25.4. The number of hydrogen-bond acceptors (Lipinski definition) is 7. The summed E-state index contributed by atoms with van der Waals surface area (Å²) in [6, 6.07) is 17.4. The lowest BCUT2D eigenvalue weighted by molar-refractivity contribution is -0.132. The zero-order valence-corrected chi connectivity index (χ0v) is 22.7. The minimum absolute atomic E-state index is 0.0352. The third-order valence-electron chi connectivity index (χ3n) is 7.37. The van der Waals surface area contributed by atoms with Crippen LogP contribution in [0.5, 0.6) is 5.75 Å². The van der Waals surface area contributed by atoms with Crippen LogP contribution in [0.4, 0.5) is 10.2 Å². The minimum Gasteiger partial charge on any atom is -0.497 e. The molecule has 2 amide bonds. The van der Waals surface area contributed by atoms with Gasteiger partial charge in [0.25, 0.3) is 5.91 Å². The van der Waals surface area contributed by atoms with E-state index in [2.05, 4.69) is 15.1 Å². The zero-order chi connectivity index (χ0) is 27.9. The molecule has 40 heavy (non-hydrogen) atoms. The number of anilines is 1. The number of rotatable bonds is 8. The van der Waals surface area contributed by atoms with E-state index in [1.165, 1.54) is 17.0 Å². The molecule has 1 atom stereocenters. The number of amides is 2. The Morgan fingerprint density at radius 2 is 1.82 bits per heavy atom. The summed E-state index contributed by atoms with van der Waals surface area (Å²) in [4.78, 5) is 32.0. The quantitative estimate of drug-likeness (QED) is 0.425. The second-order valence-electron chi connectivity index (χ2n) is 10.0. The standard InChI is InChI=1S/C30H34FN5O4/c1-39-23-11-9-22(10-12-23)27-13-14-28(33-32-27)34-15-5-16-35(18-17-34)29(37)21-36(20-24-6-4-19-40-24)30(38)25-7-2-3-8-26(25)31/h2-3,7-14,24H,4-6,15-21H2,1H3. The lowest BCUT2D eigenvalue weighted by Gasteiger charge is -2.28. The van der Waals surface area contributed by atoms with Crippen molar-refractivity contribution in [1.29, 1.82) is 0 Å². The van der Waals surface area contributed by atoms with E-state index < -0.39 is 11.7 Å². The van der Waals surface area contributed by atoms with Crippen LogP contribution in [0.1, 0.15) is 29.6 Å². The van der Waals surface area contributed by atoms with Crippen LogP contribution in [0.15, 0.2) is 60.7 Å². The van der Waals surface area contributed by atoms with Crippen molar-refractivity contribution in [3.05, 3.63) is 72.0 Å². The van der Waals surface area contributed by atoms with E-state index in [0.29, 0.717) is 26.2 Å². The van der Waals surface area contributed by atoms with E-state index in [4.69, 9.17) is 9.47 Å². The van der Waals surface area contributed by atoms with Gasteiger partial charge in [0.2, 0.25) is 5.91 Å². The fraction of sp³-hybridized carbons (Fsp3) is 0.400. The fourth-order valence-electron chi connectivity index (χ4n) is 5.13. The topological polar surface area (TPSA) is 88.1 Å². The number of benzene rings is 2. The van der Waals surface area contributed by atoms with Gasteiger partial charge in [0.1, 0.15) is 18.1 Å². The molecule has 0 bridgehead atoms. The molecule has 0 spiro atoms. The maximum atomic E-state index is 14.4. The first-order valence-corrected chi connectivity index (χ1v) is 13.7. The molecule has 3 aromatic rings. The highest BCUT2D eigenvalue weighted by Crippen LogP contribution is 2.22. The highest BCUT2D eigenvalue weighted by Gasteiger charge is 2.29. The highest BCUT2D eigenvalue weighted by molar-refractivity contribution is 5.96. The van der Waals surface area contributed by atoms with Gasteiger partial charge < -0.3 is 24.2 Å². The monoisotopic (exact) mass is 547 g/mol. The zero-order valence-electron chi connectivity index (χ0n) is 22.7. The number of ether oxygens (including phenoxy) is 2. The summed E-state index contributed by atoms with van der Waals surface area (Å²) in [7, 11) is 1.63. The average molecular weight is 548 g/mol. The van der Waals surface area contributed by atoms with E-state index in [0.717, 1.165) is 48.6 Å². The number of hydrogen-bond donors (Lipinski definition) is 0. The summed E-state index contributed by atoms with van der Waals surface area (Å²) in [5.74, 6) is 0.280. The van der Waals surface area contributed by atoms with Gasteiger partial charge in [0.05, 0.1) is 24.5 Å². The summed E-state index contributed by atoms with van der Waals surface area (Å²) >= 11 is 0. The summed E-state index contributed by atoms with van der Waals surface area (Å²) in [5, 5.41) is 8.85. The van der Waals surface area contributed by atoms with Crippen LogP contribution >= 0.6 is 0 Å². The van der Waals surface area contributed by atoms with Crippen LogP contribution in [0.25, 0.3) is 11.3 Å². The Morgan fingerprint density at radius 3 is 2.52 bits per heavy atom. The predicted octanol–water partition coefficient (Wildman–Crippen LogP) is 3.65. The molecule has 0 radical (unpaired) electrons. The highest BCUT2D eigenvalue weighted by atomic mass is 19.1. The number of halogens is 1. The van der Waals surface area contributed by atoms with Gasteiger partial charge in [-0.05, 0) is 67.8 Å². The van der Waals surface area contributed by atoms with E-state index in [1.807, 2.05) is 36.4 Å². The Balaban J connectivity index is 1.22. The Hall–Kier alpha value is -4.05. The molecule has 2 aromatic carbocycles. The summed E-state index contributed by atoms with van der Waals surface area (Å²) in [5.41, 5.74) is 1.68. The molecule has 0 saturated carbocycles. The molecule has 2 aliphatic heterocycles. The van der Waals surface area contributed by atoms with Crippen molar-refractivity contribution in [3.63, 3.8) is 0 Å². The number of carbonyl (C=O) groups is 2. The molecule has 3 heterocycles. The lowest BCUT2D eigenvalue weighted by Crippen LogP contribution is -2.46. The van der Waals surface area contributed by atoms with Gasteiger partial charge in [0, 0.05) is 44.9 Å². The van der Waals surface area contributed by atoms with Gasteiger partial charge in [-0.3, -0.25) is 9.59 Å². The van der Waals surface area contributed by atoms with Crippen LogP contribution in [0, 0.1) is 5.82 Å². The Kier molecular flexibility index (Phi) is 8.85. The second kappa shape index (κ2) is 12.9. The average Bonchev–Trinajstić information content (AvgIpc) is 3.38. The Bertz CT molecular complexity index is 1300. The molecule has 2 fully saturated rings. The molecule has 10 heteroatoms. The van der Waals surface area contributed by atoms with Gasteiger partial charge in [0.15, 0.2) is 5.82 Å². The maximum absolute atomic E-state index is 14.4. The summed E-state index contributed by atoms with van der Waals surface area (Å²) in [6.07, 6.45) is 2.32. The van der Waals surface area contributed by atoms with Crippen molar-refractivity contribution in [2.75, 3.05) is 57.9 Å². The number of methoxy groups -OCH3 is 1. The van der Waals surface area contributed by atoms with Crippen LogP contribution in [-0.2, 0) is 9.53 Å². The van der Waals surface area contributed by atoms with Crippen molar-refractivity contribution in [2.45, 2.75) is 25.4 Å². The molecular formula is C30H34FN5O4. The minimum atomic E-state index is -0.596. The van der Waals surface area contributed by atoms with Gasteiger partial charge in [-0.15, -0.1) is 10.2 Å². The lowest BCUT2D eigenvalue weighted by atomic mass is 10.1. The first-order chi connectivity index (χ1) is 19.5. The van der Waals surface area contributed by atoms with E-state index in [1.54, 1.807) is 24.1 Å².